The molecule has 0 radical (unpaired) electrons. The van der Waals surface area contributed by atoms with E-state index in [0.29, 0.717) is 46.6 Å². The van der Waals surface area contributed by atoms with E-state index in [-0.39, 0.29) is 27.1 Å². The molecule has 10 nitrogen and oxygen atoms in total. The number of nitriles is 1. The number of ether oxygens (including phenoxy) is 1. The maximum absolute atomic E-state index is 14.9. The molecule has 0 amide bonds. The Morgan fingerprint density at radius 1 is 1.26 bits per heavy atom. The number of nitrogens with one attached hydrogen (secondary N) is 1. The number of sulfone groups is 1. The van der Waals surface area contributed by atoms with Crippen LogP contribution in [0.5, 0.6) is 5.75 Å². The predicted octanol–water partition coefficient (Wildman–Crippen LogP) is 4.24. The lowest BCUT2D eigenvalue weighted by molar-refractivity contribution is 0.205. The summed E-state index contributed by atoms with van der Waals surface area (Å²) in [5, 5.41) is 17.8. The van der Waals surface area contributed by atoms with Crippen LogP contribution < -0.4 is 15.4 Å². The quantitative estimate of drug-likeness (QED) is 0.301. The van der Waals surface area contributed by atoms with Crippen molar-refractivity contribution in [3.8, 4) is 23.1 Å². The van der Waals surface area contributed by atoms with Gasteiger partial charge in [-0.25, -0.2) is 17.8 Å². The average molecular weight is 590 g/mol. The van der Waals surface area contributed by atoms with Gasteiger partial charge in [0.15, 0.2) is 17.8 Å². The van der Waals surface area contributed by atoms with Crippen molar-refractivity contribution >= 4 is 49.8 Å². The second-order valence-corrected chi connectivity index (χ2v) is 12.9. The van der Waals surface area contributed by atoms with Gasteiger partial charge in [0.25, 0.3) is 0 Å². The Morgan fingerprint density at radius 2 is 1.95 bits per heavy atom. The fourth-order valence-electron chi connectivity index (χ4n) is 4.89. The van der Waals surface area contributed by atoms with Crippen molar-refractivity contribution in [2.24, 2.45) is 11.1 Å². The second kappa shape index (κ2) is 9.91. The Balaban J connectivity index is 1.44. The largest absolute Gasteiger partial charge is 0.468 e. The van der Waals surface area contributed by atoms with Gasteiger partial charge in [0.05, 0.1) is 26.9 Å². The zero-order valence-electron chi connectivity index (χ0n) is 20.7. The number of benzene rings is 1. The molecule has 0 saturated carbocycles. The molecule has 4 heterocycles. The highest BCUT2D eigenvalue weighted by atomic mass is 35.5. The van der Waals surface area contributed by atoms with Gasteiger partial charge in [-0.1, -0.05) is 30.1 Å². The predicted molar refractivity (Wildman–Crippen MR) is 146 cm³/mol. The molecule has 5 rings (SSSR count). The Morgan fingerprint density at radius 3 is 2.59 bits per heavy atom. The van der Waals surface area contributed by atoms with Crippen LogP contribution in [-0.2, 0) is 9.84 Å². The number of nitrogens with zero attached hydrogens (tertiary/aromatic N) is 5. The van der Waals surface area contributed by atoms with Crippen LogP contribution in [0.25, 0.3) is 22.2 Å². The zero-order chi connectivity index (χ0) is 28.1. The fraction of sp³-hybridized carbons (Fsp3) is 0.280. The van der Waals surface area contributed by atoms with E-state index in [2.05, 4.69) is 26.2 Å². The van der Waals surface area contributed by atoms with Gasteiger partial charge in [-0.3, -0.25) is 15.8 Å². The molecule has 0 bridgehead atoms. The topological polar surface area (TPSA) is 151 Å². The van der Waals surface area contributed by atoms with Crippen LogP contribution in [-0.4, -0.2) is 53.7 Å². The number of hydrogen-bond donors (Lipinski definition) is 2. The number of aromatic amines is 1. The normalized spacial score (nSPS) is 15.6. The zero-order valence-corrected chi connectivity index (χ0v) is 23.1. The van der Waals surface area contributed by atoms with E-state index in [1.807, 2.05) is 11.8 Å². The number of H-pyrrole nitrogens is 1. The summed E-state index contributed by atoms with van der Waals surface area (Å²) in [4.78, 5) is 10.2. The molecule has 202 valence electrons. The molecular weight excluding hydrogens is 568 g/mol. The van der Waals surface area contributed by atoms with Gasteiger partial charge in [0.1, 0.15) is 27.4 Å². The minimum atomic E-state index is -3.14. The van der Waals surface area contributed by atoms with Crippen molar-refractivity contribution in [3.63, 3.8) is 0 Å². The molecule has 1 aliphatic rings. The lowest BCUT2D eigenvalue weighted by Crippen LogP contribution is -2.58. The maximum atomic E-state index is 14.9. The minimum absolute atomic E-state index is 0.0555. The lowest BCUT2D eigenvalue weighted by atomic mass is 9.84. The Labute approximate surface area is 233 Å². The number of anilines is 1. The molecule has 0 aliphatic carbocycles. The van der Waals surface area contributed by atoms with Crippen molar-refractivity contribution in [1.29, 1.82) is 5.26 Å². The number of pyridine rings is 2. The van der Waals surface area contributed by atoms with Crippen LogP contribution in [0.15, 0.2) is 36.8 Å². The summed E-state index contributed by atoms with van der Waals surface area (Å²) in [7, 11) is -3.14. The monoisotopic (exact) mass is 589 g/mol. The highest BCUT2D eigenvalue weighted by molar-refractivity contribution is 7.90. The van der Waals surface area contributed by atoms with Crippen molar-refractivity contribution in [1.82, 2.24) is 20.2 Å². The van der Waals surface area contributed by atoms with E-state index in [1.165, 1.54) is 30.8 Å². The molecule has 1 saturated heterocycles. The summed E-state index contributed by atoms with van der Waals surface area (Å²) in [6.45, 7) is 2.80. The van der Waals surface area contributed by atoms with E-state index in [0.717, 1.165) is 0 Å². The van der Waals surface area contributed by atoms with Gasteiger partial charge in [-0.15, -0.1) is 0 Å². The molecular formula is C25H22Cl2FN7O3S. The third-order valence-electron chi connectivity index (χ3n) is 6.36. The lowest BCUT2D eigenvalue weighted by Gasteiger charge is -2.48. The molecule has 4 aromatic rings. The molecule has 1 fully saturated rings. The van der Waals surface area contributed by atoms with Crippen LogP contribution in [0.2, 0.25) is 10.0 Å². The molecule has 39 heavy (non-hydrogen) atoms. The minimum Gasteiger partial charge on any atom is -0.468 e. The number of halogens is 3. The van der Waals surface area contributed by atoms with Crippen LogP contribution in [0.1, 0.15) is 24.3 Å². The first-order chi connectivity index (χ1) is 18.4. The molecule has 14 heteroatoms. The molecule has 0 spiro atoms. The fourth-order valence-corrected chi connectivity index (χ4v) is 6.92. The van der Waals surface area contributed by atoms with Crippen LogP contribution >= 0.6 is 23.2 Å². The average Bonchev–Trinajstić information content (AvgIpc) is 3.23. The summed E-state index contributed by atoms with van der Waals surface area (Å²) in [5.41, 5.74) is 7.61. The molecule has 1 aromatic carbocycles. The van der Waals surface area contributed by atoms with Gasteiger partial charge in [0, 0.05) is 65.9 Å². The molecule has 0 unspecified atom stereocenters. The summed E-state index contributed by atoms with van der Waals surface area (Å²) >= 11 is 12.3. The Kier molecular flexibility index (Phi) is 6.88. The first-order valence-electron chi connectivity index (χ1n) is 11.6. The Bertz CT molecular complexity index is 1730. The number of nitrogens with two attached hydrogens (primary N) is 1. The van der Waals surface area contributed by atoms with Gasteiger partial charge < -0.3 is 9.64 Å². The van der Waals surface area contributed by atoms with Crippen molar-refractivity contribution in [3.05, 3.63) is 63.8 Å². The number of aromatic nitrogens is 4. The first kappa shape index (κ1) is 27.1. The van der Waals surface area contributed by atoms with Crippen molar-refractivity contribution in [2.45, 2.75) is 13.2 Å². The SMILES string of the molecule is CC1(CS(C)(=O)=O)CN(c2ncc(-c3n[nH]c4cc(F)c(O[C@H](N)c5c(Cl)cncc5Cl)cc34)cc2C#N)C1. The molecule has 3 aromatic heterocycles. The van der Waals surface area contributed by atoms with Crippen LogP contribution in [0.4, 0.5) is 10.2 Å². The number of fused-ring (bicyclic) bond motifs is 1. The molecule has 3 N–H and O–H groups in total. The van der Waals surface area contributed by atoms with Crippen LogP contribution in [0, 0.1) is 22.6 Å². The molecule has 1 aliphatic heterocycles. The highest BCUT2D eigenvalue weighted by Crippen LogP contribution is 2.38. The van der Waals surface area contributed by atoms with Crippen molar-refractivity contribution < 1.29 is 17.5 Å². The number of hydrogen-bond acceptors (Lipinski definition) is 9. The van der Waals surface area contributed by atoms with Gasteiger partial charge in [-0.2, -0.15) is 10.4 Å². The van der Waals surface area contributed by atoms with Gasteiger partial charge in [0.2, 0.25) is 0 Å². The van der Waals surface area contributed by atoms with Gasteiger partial charge in [-0.05, 0) is 12.1 Å². The summed E-state index contributed by atoms with van der Waals surface area (Å²) in [6, 6.07) is 6.45. The third kappa shape index (κ3) is 5.35. The van der Waals surface area contributed by atoms with Gasteiger partial charge >= 0.3 is 0 Å². The smallest absolute Gasteiger partial charge is 0.177 e. The standard InChI is InChI=1S/C25H22Cl2FN7O3S/c1-25(12-39(2,36)37)10-35(11-25)24-13(6-29)3-14(7-32-24)22-15-4-20(18(28)5-19(15)33-34-22)38-23(30)21-16(26)8-31-9-17(21)27/h3-5,7-9,23H,10-12,30H2,1-2H3,(H,33,34)/t23-/m0/s1. The van der Waals surface area contributed by atoms with Crippen molar-refractivity contribution in [2.75, 3.05) is 30.0 Å². The van der Waals surface area contributed by atoms with E-state index in [4.69, 9.17) is 33.7 Å². The van der Waals surface area contributed by atoms with Crippen LogP contribution in [0.3, 0.4) is 0 Å². The Hall–Kier alpha value is -3.50. The van der Waals surface area contributed by atoms with E-state index in [9.17, 15) is 18.1 Å². The number of rotatable bonds is 7. The highest BCUT2D eigenvalue weighted by Gasteiger charge is 2.42. The summed E-state index contributed by atoms with van der Waals surface area (Å²) in [5.74, 6) is -0.327. The summed E-state index contributed by atoms with van der Waals surface area (Å²) < 4.78 is 44.0. The van der Waals surface area contributed by atoms with E-state index < -0.39 is 27.3 Å². The molecule has 1 atom stereocenters. The van der Waals surface area contributed by atoms with E-state index in [1.54, 1.807) is 12.3 Å². The first-order valence-corrected chi connectivity index (χ1v) is 14.4. The maximum Gasteiger partial charge on any atom is 0.177 e. The summed E-state index contributed by atoms with van der Waals surface area (Å²) in [6.07, 6.45) is 4.31. The third-order valence-corrected chi connectivity index (χ3v) is 8.18. The van der Waals surface area contributed by atoms with E-state index >= 15 is 0 Å². The second-order valence-electron chi connectivity index (χ2n) is 9.90.